The average Bonchev–Trinajstić information content (AvgIpc) is 2.87. The highest BCUT2D eigenvalue weighted by atomic mass is 16.6. The number of morpholine rings is 2. The van der Waals surface area contributed by atoms with Crippen molar-refractivity contribution in [3.8, 4) is 0 Å². The highest BCUT2D eigenvalue weighted by Crippen LogP contribution is 2.07. The third kappa shape index (κ3) is 26.1. The molecule has 2 heterocycles. The Kier molecular flexibility index (Phi) is 19.9. The lowest BCUT2D eigenvalue weighted by Crippen LogP contribution is -2.39. The summed E-state index contributed by atoms with van der Waals surface area (Å²) in [6, 6.07) is 0. The van der Waals surface area contributed by atoms with E-state index in [9.17, 15) is 19.2 Å². The van der Waals surface area contributed by atoms with Crippen LogP contribution in [0.4, 0.5) is 9.59 Å². The number of nitrogens with two attached hydrogens (primary N) is 1. The molecular weight excluding hydrogens is 538 g/mol. The molecule has 240 valence electrons. The van der Waals surface area contributed by atoms with Crippen molar-refractivity contribution in [2.45, 2.75) is 65.6 Å². The summed E-state index contributed by atoms with van der Waals surface area (Å²) in [7, 11) is 0. The van der Waals surface area contributed by atoms with E-state index in [0.717, 1.165) is 78.7 Å². The second-order valence-electron chi connectivity index (χ2n) is 11.4. The lowest BCUT2D eigenvalue weighted by atomic mass is 10.2. The molecular formula is C27H53N5O9. The molecule has 5 N–H and O–H groups in total. The number of hydrogen-bond acceptors (Lipinski definition) is 11. The molecule has 2 aliphatic rings. The molecule has 0 aromatic carbocycles. The van der Waals surface area contributed by atoms with Crippen LogP contribution in [0.2, 0.25) is 0 Å². The van der Waals surface area contributed by atoms with Gasteiger partial charge in [0.2, 0.25) is 0 Å². The molecule has 0 bridgehead atoms. The average molecular weight is 592 g/mol. The monoisotopic (exact) mass is 591 g/mol. The largest absolute Gasteiger partial charge is 0.480 e. The number of carbonyl (C=O) groups excluding carboxylic acids is 3. The van der Waals surface area contributed by atoms with Crippen LogP contribution in [0.5, 0.6) is 0 Å². The van der Waals surface area contributed by atoms with Crippen LogP contribution in [0.1, 0.15) is 54.4 Å². The number of nitrogens with zero attached hydrogens (tertiary/aromatic N) is 2. The fraction of sp³-hybridized carbons (Fsp3) is 0.852. The van der Waals surface area contributed by atoms with Gasteiger partial charge in [-0.25, -0.2) is 9.59 Å². The van der Waals surface area contributed by atoms with E-state index < -0.39 is 35.9 Å². The number of hydrogen-bond donors (Lipinski definition) is 4. The maximum Gasteiger partial charge on any atom is 0.408 e. The second-order valence-corrected chi connectivity index (χ2v) is 11.4. The number of carbonyl (C=O) groups is 4. The van der Waals surface area contributed by atoms with Crippen LogP contribution < -0.4 is 16.4 Å². The third-order valence-electron chi connectivity index (χ3n) is 5.19. The summed E-state index contributed by atoms with van der Waals surface area (Å²) >= 11 is 0. The maximum atomic E-state index is 11.6. The van der Waals surface area contributed by atoms with Crippen molar-refractivity contribution < 1.29 is 43.2 Å². The fourth-order valence-electron chi connectivity index (χ4n) is 3.37. The number of aliphatic carboxylic acids is 1. The second kappa shape index (κ2) is 21.2. The van der Waals surface area contributed by atoms with Gasteiger partial charge < -0.3 is 40.4 Å². The highest BCUT2D eigenvalue weighted by molar-refractivity contribution is 5.84. The Morgan fingerprint density at radius 1 is 0.756 bits per heavy atom. The molecule has 0 atom stereocenters. The first-order valence-electron chi connectivity index (χ1n) is 14.1. The zero-order valence-electron chi connectivity index (χ0n) is 25.8. The van der Waals surface area contributed by atoms with Crippen molar-refractivity contribution in [2.75, 3.05) is 85.3 Å². The van der Waals surface area contributed by atoms with E-state index in [0.29, 0.717) is 6.42 Å². The molecule has 0 radical (unpaired) electrons. The van der Waals surface area contributed by atoms with Crippen molar-refractivity contribution in [3.05, 3.63) is 0 Å². The van der Waals surface area contributed by atoms with E-state index in [1.807, 2.05) is 0 Å². The predicted molar refractivity (Wildman–Crippen MR) is 154 cm³/mol. The summed E-state index contributed by atoms with van der Waals surface area (Å²) in [6.45, 7) is 20.0. The number of carboxylic acids is 1. The van der Waals surface area contributed by atoms with E-state index in [-0.39, 0.29) is 12.3 Å². The first-order valence-corrected chi connectivity index (χ1v) is 14.1. The Balaban J connectivity index is 0.000000645. The van der Waals surface area contributed by atoms with Gasteiger partial charge in [0.1, 0.15) is 17.7 Å². The molecule has 14 nitrogen and oxygen atoms in total. The van der Waals surface area contributed by atoms with Gasteiger partial charge in [-0.1, -0.05) is 0 Å². The van der Waals surface area contributed by atoms with Crippen molar-refractivity contribution >= 4 is 23.9 Å². The lowest BCUT2D eigenvalue weighted by Gasteiger charge is -2.26. The lowest BCUT2D eigenvalue weighted by molar-refractivity contribution is -0.136. The van der Waals surface area contributed by atoms with Crippen LogP contribution in [0.15, 0.2) is 0 Å². The van der Waals surface area contributed by atoms with Crippen molar-refractivity contribution in [3.63, 3.8) is 0 Å². The Bertz CT molecular complexity index is 755. The Labute approximate surface area is 244 Å². The van der Waals surface area contributed by atoms with Gasteiger partial charge >= 0.3 is 18.2 Å². The summed E-state index contributed by atoms with van der Waals surface area (Å²) in [5.74, 6) is -1.06. The number of nitrogens with one attached hydrogen (secondary N) is 2. The van der Waals surface area contributed by atoms with Gasteiger partial charge in [0, 0.05) is 45.7 Å². The molecule has 2 aliphatic heterocycles. The molecule has 2 fully saturated rings. The van der Waals surface area contributed by atoms with Crippen LogP contribution >= 0.6 is 0 Å². The minimum Gasteiger partial charge on any atom is -0.480 e. The number of ketones is 1. The van der Waals surface area contributed by atoms with Gasteiger partial charge in [0.25, 0.3) is 0 Å². The molecule has 2 amide bonds. The van der Waals surface area contributed by atoms with Crippen LogP contribution in [0, 0.1) is 0 Å². The minimum atomic E-state index is -1.10. The van der Waals surface area contributed by atoms with Crippen LogP contribution in [0.25, 0.3) is 0 Å². The van der Waals surface area contributed by atoms with Crippen molar-refractivity contribution in [1.82, 2.24) is 20.4 Å². The molecule has 0 unspecified atom stereocenters. The Hall–Kier alpha value is -2.52. The normalized spacial score (nSPS) is 16.2. The highest BCUT2D eigenvalue weighted by Gasteiger charge is 2.17. The molecule has 0 spiro atoms. The van der Waals surface area contributed by atoms with Crippen LogP contribution in [-0.4, -0.2) is 135 Å². The quantitative estimate of drug-likeness (QED) is 0.284. The maximum absolute atomic E-state index is 11.6. The number of ether oxygens (including phenoxy) is 4. The number of amides is 2. The van der Waals surface area contributed by atoms with E-state index in [2.05, 4.69) is 20.4 Å². The number of carboxylic acid groups (broad SMARTS) is 1. The summed E-state index contributed by atoms with van der Waals surface area (Å²) in [5, 5.41) is 12.8. The van der Waals surface area contributed by atoms with Crippen LogP contribution in [0.3, 0.4) is 0 Å². The van der Waals surface area contributed by atoms with E-state index in [4.69, 9.17) is 29.8 Å². The first-order chi connectivity index (χ1) is 19.1. The SMILES string of the molecule is CC(C)(C)OC(=O)NCC(=O)CCCN1CCOCC1.CC(C)(C)OC(=O)NCC(=O)O.NCCN1CCOCC1. The van der Waals surface area contributed by atoms with Gasteiger partial charge in [-0.3, -0.25) is 19.4 Å². The molecule has 0 saturated carbocycles. The van der Waals surface area contributed by atoms with E-state index >= 15 is 0 Å². The zero-order chi connectivity index (χ0) is 31.3. The summed E-state index contributed by atoms with van der Waals surface area (Å²) < 4.78 is 20.3. The molecule has 14 heteroatoms. The Morgan fingerprint density at radius 2 is 1.17 bits per heavy atom. The topological polar surface area (TPSA) is 182 Å². The standard InChI is InChI=1S/C14H26N2O4.C7H13NO4.C6H14N2O/c1-14(2,3)20-13(18)15-11-12(17)5-4-6-16-7-9-19-10-8-16;1-7(2,3)12-6(11)8-4-5(9)10;7-1-2-8-3-5-9-6-4-8/h4-11H2,1-3H3,(H,15,18);4H2,1-3H3,(H,8,11)(H,9,10);1-7H2. The first kappa shape index (κ1) is 38.5. The van der Waals surface area contributed by atoms with Crippen LogP contribution in [-0.2, 0) is 28.5 Å². The van der Waals surface area contributed by atoms with Crippen molar-refractivity contribution in [1.29, 1.82) is 0 Å². The van der Waals surface area contributed by atoms with E-state index in [1.54, 1.807) is 41.5 Å². The summed E-state index contributed by atoms with van der Waals surface area (Å²) in [6.07, 6.45) is 0.0334. The van der Waals surface area contributed by atoms with E-state index in [1.165, 1.54) is 0 Å². The molecule has 41 heavy (non-hydrogen) atoms. The Morgan fingerprint density at radius 3 is 1.56 bits per heavy atom. The molecule has 2 saturated heterocycles. The van der Waals surface area contributed by atoms with Gasteiger partial charge in [0.15, 0.2) is 5.78 Å². The molecule has 2 rings (SSSR count). The molecule has 0 aromatic heterocycles. The summed E-state index contributed by atoms with van der Waals surface area (Å²) in [5.41, 5.74) is 4.24. The third-order valence-corrected chi connectivity index (χ3v) is 5.19. The predicted octanol–water partition coefficient (Wildman–Crippen LogP) is 1.07. The molecule has 0 aromatic rings. The van der Waals surface area contributed by atoms with Crippen molar-refractivity contribution in [2.24, 2.45) is 5.73 Å². The summed E-state index contributed by atoms with van der Waals surface area (Å²) in [4.78, 5) is 48.4. The van der Waals surface area contributed by atoms with Gasteiger partial charge in [-0.05, 0) is 54.5 Å². The zero-order valence-corrected chi connectivity index (χ0v) is 25.8. The number of alkyl carbamates (subject to hydrolysis) is 2. The van der Waals surface area contributed by atoms with Gasteiger partial charge in [-0.2, -0.15) is 0 Å². The smallest absolute Gasteiger partial charge is 0.408 e. The molecule has 0 aliphatic carbocycles. The van der Waals surface area contributed by atoms with Gasteiger partial charge in [-0.15, -0.1) is 0 Å². The number of rotatable bonds is 10. The van der Waals surface area contributed by atoms with Gasteiger partial charge in [0.05, 0.1) is 33.0 Å². The minimum absolute atomic E-state index is 0.0316. The fourth-order valence-corrected chi connectivity index (χ4v) is 3.37. The number of Topliss-reactive ketones (excluding diaryl/α,β-unsaturated/α-hetero) is 1.